The first-order valence-electron chi connectivity index (χ1n) is 5.70. The predicted molar refractivity (Wildman–Crippen MR) is 67.7 cm³/mol. The van der Waals surface area contributed by atoms with E-state index in [0.717, 1.165) is 18.5 Å². The minimum atomic E-state index is -0.0915. The van der Waals surface area contributed by atoms with Gasteiger partial charge in [-0.2, -0.15) is 0 Å². The summed E-state index contributed by atoms with van der Waals surface area (Å²) in [5, 5.41) is 3.81. The third-order valence-electron chi connectivity index (χ3n) is 2.51. The van der Waals surface area contributed by atoms with Crippen LogP contribution in [0, 0.1) is 0 Å². The van der Waals surface area contributed by atoms with Gasteiger partial charge in [0.25, 0.3) is 5.56 Å². The summed E-state index contributed by atoms with van der Waals surface area (Å²) in [6, 6.07) is 7.32. The van der Waals surface area contributed by atoms with Crippen LogP contribution < -0.4 is 16.6 Å². The Balaban J connectivity index is 2.16. The number of fused-ring (bicyclic) bond motifs is 1. The summed E-state index contributed by atoms with van der Waals surface area (Å²) in [6.45, 7) is 2.04. The number of aromatic amines is 1. The van der Waals surface area contributed by atoms with Crippen molar-refractivity contribution in [3.8, 4) is 0 Å². The van der Waals surface area contributed by atoms with E-state index in [9.17, 15) is 4.79 Å². The van der Waals surface area contributed by atoms with Crippen LogP contribution in [0.1, 0.15) is 12.2 Å². The van der Waals surface area contributed by atoms with Crippen LogP contribution in [-0.4, -0.2) is 23.1 Å². The topological polar surface area (TPSA) is 83.8 Å². The SMILES string of the molecule is NCCCNCc1nc2ccccc2c(=O)[nH]1. The zero-order valence-electron chi connectivity index (χ0n) is 9.57. The van der Waals surface area contributed by atoms with E-state index in [1.54, 1.807) is 6.07 Å². The van der Waals surface area contributed by atoms with Gasteiger partial charge in [-0.1, -0.05) is 12.1 Å². The number of benzene rings is 1. The number of H-pyrrole nitrogens is 1. The summed E-state index contributed by atoms with van der Waals surface area (Å²) in [4.78, 5) is 18.9. The van der Waals surface area contributed by atoms with E-state index in [-0.39, 0.29) is 5.56 Å². The molecule has 0 aliphatic heterocycles. The fraction of sp³-hybridized carbons (Fsp3) is 0.333. The molecule has 0 saturated heterocycles. The van der Waals surface area contributed by atoms with Crippen molar-refractivity contribution in [2.75, 3.05) is 13.1 Å². The number of nitrogens with two attached hydrogens (primary N) is 1. The van der Waals surface area contributed by atoms with E-state index >= 15 is 0 Å². The van der Waals surface area contributed by atoms with Crippen LogP contribution in [0.5, 0.6) is 0 Å². The Morgan fingerprint density at radius 3 is 3.00 bits per heavy atom. The summed E-state index contributed by atoms with van der Waals surface area (Å²) < 4.78 is 0. The van der Waals surface area contributed by atoms with Crippen molar-refractivity contribution >= 4 is 10.9 Å². The first-order valence-corrected chi connectivity index (χ1v) is 5.70. The van der Waals surface area contributed by atoms with Crippen LogP contribution in [-0.2, 0) is 6.54 Å². The molecule has 2 rings (SSSR count). The molecule has 0 aliphatic carbocycles. The zero-order valence-corrected chi connectivity index (χ0v) is 9.57. The van der Waals surface area contributed by atoms with E-state index in [1.807, 2.05) is 18.2 Å². The molecule has 0 atom stereocenters. The van der Waals surface area contributed by atoms with Crippen molar-refractivity contribution in [2.24, 2.45) is 5.73 Å². The molecule has 0 unspecified atom stereocenters. The molecule has 4 N–H and O–H groups in total. The number of hydrogen-bond acceptors (Lipinski definition) is 4. The molecule has 90 valence electrons. The van der Waals surface area contributed by atoms with Crippen molar-refractivity contribution in [2.45, 2.75) is 13.0 Å². The Kier molecular flexibility index (Phi) is 3.85. The third kappa shape index (κ3) is 2.89. The lowest BCUT2D eigenvalue weighted by molar-refractivity contribution is 0.635. The van der Waals surface area contributed by atoms with Crippen molar-refractivity contribution in [1.29, 1.82) is 0 Å². The van der Waals surface area contributed by atoms with E-state index < -0.39 is 0 Å². The number of nitrogens with one attached hydrogen (secondary N) is 2. The van der Waals surface area contributed by atoms with Gasteiger partial charge in [0.1, 0.15) is 5.82 Å². The number of rotatable bonds is 5. The molecule has 0 bridgehead atoms. The van der Waals surface area contributed by atoms with E-state index in [2.05, 4.69) is 15.3 Å². The van der Waals surface area contributed by atoms with Crippen molar-refractivity contribution < 1.29 is 0 Å². The average Bonchev–Trinajstić information content (AvgIpc) is 2.35. The monoisotopic (exact) mass is 232 g/mol. The summed E-state index contributed by atoms with van der Waals surface area (Å²) in [5.74, 6) is 0.658. The molecule has 1 heterocycles. The lowest BCUT2D eigenvalue weighted by atomic mass is 10.2. The Bertz CT molecular complexity index is 549. The van der Waals surface area contributed by atoms with Gasteiger partial charge in [0.05, 0.1) is 17.4 Å². The van der Waals surface area contributed by atoms with Gasteiger partial charge in [-0.05, 0) is 31.6 Å². The van der Waals surface area contributed by atoms with Gasteiger partial charge in [-0.15, -0.1) is 0 Å². The summed E-state index contributed by atoms with van der Waals surface area (Å²) >= 11 is 0. The van der Waals surface area contributed by atoms with Crippen LogP contribution in [0.2, 0.25) is 0 Å². The van der Waals surface area contributed by atoms with Gasteiger partial charge >= 0.3 is 0 Å². The first-order chi connectivity index (χ1) is 8.31. The maximum absolute atomic E-state index is 11.7. The van der Waals surface area contributed by atoms with E-state index in [1.165, 1.54) is 0 Å². The molecule has 1 aromatic heterocycles. The fourth-order valence-corrected chi connectivity index (χ4v) is 1.65. The van der Waals surface area contributed by atoms with Crippen molar-refractivity contribution in [3.05, 3.63) is 40.4 Å². The highest BCUT2D eigenvalue weighted by atomic mass is 16.1. The average molecular weight is 232 g/mol. The Labute approximate surface area is 99.1 Å². The molecule has 0 spiro atoms. The highest BCUT2D eigenvalue weighted by Crippen LogP contribution is 2.05. The van der Waals surface area contributed by atoms with Crippen LogP contribution in [0.15, 0.2) is 29.1 Å². The molecule has 5 heteroatoms. The number of aromatic nitrogens is 2. The maximum atomic E-state index is 11.7. The third-order valence-corrected chi connectivity index (χ3v) is 2.51. The van der Waals surface area contributed by atoms with Gasteiger partial charge in [0, 0.05) is 0 Å². The van der Waals surface area contributed by atoms with Gasteiger partial charge < -0.3 is 16.0 Å². The minimum Gasteiger partial charge on any atom is -0.330 e. The molecular weight excluding hydrogens is 216 g/mol. The molecule has 0 aliphatic rings. The van der Waals surface area contributed by atoms with Crippen LogP contribution in [0.3, 0.4) is 0 Å². The fourth-order valence-electron chi connectivity index (χ4n) is 1.65. The lowest BCUT2D eigenvalue weighted by Gasteiger charge is -2.04. The molecule has 1 aromatic carbocycles. The molecule has 0 radical (unpaired) electrons. The van der Waals surface area contributed by atoms with Crippen LogP contribution >= 0.6 is 0 Å². The lowest BCUT2D eigenvalue weighted by Crippen LogP contribution is -2.21. The van der Waals surface area contributed by atoms with Crippen molar-refractivity contribution in [3.63, 3.8) is 0 Å². The van der Waals surface area contributed by atoms with E-state index in [0.29, 0.717) is 24.3 Å². The first kappa shape index (κ1) is 11.8. The highest BCUT2D eigenvalue weighted by molar-refractivity contribution is 5.77. The number of nitrogens with zero attached hydrogens (tertiary/aromatic N) is 1. The highest BCUT2D eigenvalue weighted by Gasteiger charge is 2.02. The second-order valence-electron chi connectivity index (χ2n) is 3.85. The molecule has 0 saturated carbocycles. The quantitative estimate of drug-likeness (QED) is 0.650. The zero-order chi connectivity index (χ0) is 12.1. The second kappa shape index (κ2) is 5.56. The molecule has 0 amide bonds. The summed E-state index contributed by atoms with van der Waals surface area (Å²) in [5.41, 5.74) is 6.03. The largest absolute Gasteiger partial charge is 0.330 e. The standard InChI is InChI=1S/C12H16N4O/c13-6-3-7-14-8-11-15-10-5-2-1-4-9(10)12(17)16-11/h1-2,4-5,14H,3,6-8,13H2,(H,15,16,17). The summed E-state index contributed by atoms with van der Waals surface area (Å²) in [6.07, 6.45) is 0.914. The Morgan fingerprint density at radius 2 is 2.18 bits per heavy atom. The van der Waals surface area contributed by atoms with Gasteiger partial charge in [0.2, 0.25) is 0 Å². The molecule has 17 heavy (non-hydrogen) atoms. The van der Waals surface area contributed by atoms with Gasteiger partial charge in [-0.3, -0.25) is 4.79 Å². The van der Waals surface area contributed by atoms with Crippen molar-refractivity contribution in [1.82, 2.24) is 15.3 Å². The normalized spacial score (nSPS) is 10.9. The molecule has 5 nitrogen and oxygen atoms in total. The number of para-hydroxylation sites is 1. The minimum absolute atomic E-state index is 0.0915. The molecule has 0 fully saturated rings. The van der Waals surface area contributed by atoms with Gasteiger partial charge in [-0.25, -0.2) is 4.98 Å². The van der Waals surface area contributed by atoms with E-state index in [4.69, 9.17) is 5.73 Å². The maximum Gasteiger partial charge on any atom is 0.258 e. The predicted octanol–water partition coefficient (Wildman–Crippen LogP) is 0.361. The Morgan fingerprint density at radius 1 is 1.35 bits per heavy atom. The van der Waals surface area contributed by atoms with Crippen LogP contribution in [0.4, 0.5) is 0 Å². The molecular formula is C12H16N4O. The van der Waals surface area contributed by atoms with Gasteiger partial charge in [0.15, 0.2) is 0 Å². The number of hydrogen-bond donors (Lipinski definition) is 3. The molecule has 2 aromatic rings. The second-order valence-corrected chi connectivity index (χ2v) is 3.85. The smallest absolute Gasteiger partial charge is 0.258 e. The Hall–Kier alpha value is -1.72. The van der Waals surface area contributed by atoms with Crippen LogP contribution in [0.25, 0.3) is 10.9 Å². The summed E-state index contributed by atoms with van der Waals surface area (Å²) in [7, 11) is 0.